The lowest BCUT2D eigenvalue weighted by atomic mass is 10.1. The molecule has 0 aliphatic carbocycles. The van der Waals surface area contributed by atoms with Gasteiger partial charge in [0, 0.05) is 22.9 Å². The maximum absolute atomic E-state index is 12.4. The van der Waals surface area contributed by atoms with Gasteiger partial charge in [0.15, 0.2) is 5.11 Å². The van der Waals surface area contributed by atoms with Gasteiger partial charge in [0.05, 0.1) is 6.10 Å². The normalized spacial score (nSPS) is 12.4. The van der Waals surface area contributed by atoms with E-state index in [0.29, 0.717) is 16.8 Å². The summed E-state index contributed by atoms with van der Waals surface area (Å²) in [7, 11) is 0. The van der Waals surface area contributed by atoms with Crippen LogP contribution in [0.25, 0.3) is 0 Å². The summed E-state index contributed by atoms with van der Waals surface area (Å²) in [5, 5.41) is 8.69. The molecule has 2 atom stereocenters. The average molecular weight is 428 g/mol. The van der Waals surface area contributed by atoms with Gasteiger partial charge in [-0.2, -0.15) is 0 Å². The molecule has 6 nitrogen and oxygen atoms in total. The number of carbonyl (C=O) groups is 2. The van der Waals surface area contributed by atoms with Crippen molar-refractivity contribution in [1.29, 1.82) is 0 Å². The number of hydrogen-bond acceptors (Lipinski definition) is 4. The van der Waals surface area contributed by atoms with Crippen molar-refractivity contribution in [2.24, 2.45) is 0 Å². The van der Waals surface area contributed by atoms with Crippen LogP contribution in [0.1, 0.15) is 61.3 Å². The Bertz CT molecular complexity index is 866. The number of anilines is 1. The molecule has 0 heterocycles. The fourth-order valence-corrected chi connectivity index (χ4v) is 2.66. The van der Waals surface area contributed by atoms with Gasteiger partial charge in [-0.25, -0.2) is 0 Å². The molecule has 0 aliphatic heterocycles. The van der Waals surface area contributed by atoms with Crippen LogP contribution in [-0.2, 0) is 0 Å². The number of rotatable bonds is 8. The lowest BCUT2D eigenvalue weighted by Gasteiger charge is -2.13. The van der Waals surface area contributed by atoms with E-state index in [1.165, 1.54) is 0 Å². The second kappa shape index (κ2) is 11.3. The van der Waals surface area contributed by atoms with E-state index in [-0.39, 0.29) is 29.1 Å². The quantitative estimate of drug-likeness (QED) is 0.540. The van der Waals surface area contributed by atoms with Gasteiger partial charge < -0.3 is 15.4 Å². The first kappa shape index (κ1) is 23.3. The molecule has 3 N–H and O–H groups in total. The van der Waals surface area contributed by atoms with Gasteiger partial charge in [-0.1, -0.05) is 13.8 Å². The predicted molar refractivity (Wildman–Crippen MR) is 124 cm³/mol. The lowest BCUT2D eigenvalue weighted by Crippen LogP contribution is -2.34. The number of benzene rings is 2. The summed E-state index contributed by atoms with van der Waals surface area (Å²) in [4.78, 5) is 24.5. The molecule has 0 aromatic heterocycles. The van der Waals surface area contributed by atoms with Crippen molar-refractivity contribution in [2.75, 3.05) is 5.32 Å². The summed E-state index contributed by atoms with van der Waals surface area (Å²) >= 11 is 5.22. The van der Waals surface area contributed by atoms with Crippen molar-refractivity contribution >= 4 is 34.8 Å². The molecular formula is C23H29N3O3S. The highest BCUT2D eigenvalue weighted by Crippen LogP contribution is 2.15. The molecule has 0 saturated carbocycles. The van der Waals surface area contributed by atoms with Gasteiger partial charge in [-0.05, 0) is 87.4 Å². The molecule has 7 heteroatoms. The van der Waals surface area contributed by atoms with Crippen molar-refractivity contribution in [3.8, 4) is 5.75 Å². The van der Waals surface area contributed by atoms with Gasteiger partial charge in [0.2, 0.25) is 0 Å². The van der Waals surface area contributed by atoms with Crippen molar-refractivity contribution in [2.45, 2.75) is 52.7 Å². The molecule has 0 bridgehead atoms. The Balaban J connectivity index is 1.89. The van der Waals surface area contributed by atoms with E-state index in [1.54, 1.807) is 48.5 Å². The van der Waals surface area contributed by atoms with Crippen LogP contribution in [0.2, 0.25) is 0 Å². The molecule has 0 aliphatic rings. The van der Waals surface area contributed by atoms with Crippen LogP contribution in [0.5, 0.6) is 5.75 Å². The van der Waals surface area contributed by atoms with E-state index in [9.17, 15) is 9.59 Å². The molecule has 0 fully saturated rings. The zero-order valence-electron chi connectivity index (χ0n) is 17.8. The third-order valence-electron chi connectivity index (χ3n) is 4.65. The van der Waals surface area contributed by atoms with Crippen LogP contribution in [0.4, 0.5) is 5.69 Å². The number of hydrogen-bond donors (Lipinski definition) is 3. The van der Waals surface area contributed by atoms with E-state index in [2.05, 4.69) is 22.9 Å². The Kier molecular flexibility index (Phi) is 8.80. The number of nitrogens with one attached hydrogen (secondary N) is 3. The van der Waals surface area contributed by atoms with Crippen molar-refractivity contribution < 1.29 is 14.3 Å². The summed E-state index contributed by atoms with van der Waals surface area (Å²) in [6, 6.07) is 13.9. The second-order valence-corrected chi connectivity index (χ2v) is 7.54. The minimum absolute atomic E-state index is 0.118. The van der Waals surface area contributed by atoms with E-state index >= 15 is 0 Å². The zero-order valence-corrected chi connectivity index (χ0v) is 18.6. The molecular weight excluding hydrogens is 398 g/mol. The monoisotopic (exact) mass is 427 g/mol. The van der Waals surface area contributed by atoms with Crippen LogP contribution in [0.3, 0.4) is 0 Å². The molecule has 0 saturated heterocycles. The fraction of sp³-hybridized carbons (Fsp3) is 0.348. The first-order chi connectivity index (χ1) is 14.3. The molecule has 2 unspecified atom stereocenters. The van der Waals surface area contributed by atoms with E-state index < -0.39 is 0 Å². The van der Waals surface area contributed by atoms with Gasteiger partial charge in [0.1, 0.15) is 5.75 Å². The summed E-state index contributed by atoms with van der Waals surface area (Å²) in [6.07, 6.45) is 1.90. The number of carbonyl (C=O) groups excluding carboxylic acids is 2. The maximum Gasteiger partial charge on any atom is 0.257 e. The van der Waals surface area contributed by atoms with Crippen LogP contribution >= 0.6 is 12.2 Å². The lowest BCUT2D eigenvalue weighted by molar-refractivity contribution is 0.0937. The molecule has 2 aromatic carbocycles. The number of thiocarbonyl (C=S) groups is 1. The van der Waals surface area contributed by atoms with Crippen LogP contribution in [0, 0.1) is 0 Å². The third kappa shape index (κ3) is 7.15. The molecule has 2 aromatic rings. The SMILES string of the molecule is CCC(C)NC(=O)c1ccc(NC(=S)NC(=O)c2ccc(OC(C)CC)cc2)cc1. The molecule has 160 valence electrons. The topological polar surface area (TPSA) is 79.5 Å². The summed E-state index contributed by atoms with van der Waals surface area (Å²) < 4.78 is 5.71. The van der Waals surface area contributed by atoms with E-state index in [4.69, 9.17) is 17.0 Å². The highest BCUT2D eigenvalue weighted by molar-refractivity contribution is 7.80. The third-order valence-corrected chi connectivity index (χ3v) is 4.85. The highest BCUT2D eigenvalue weighted by atomic mass is 32.1. The van der Waals surface area contributed by atoms with Crippen LogP contribution in [0.15, 0.2) is 48.5 Å². The summed E-state index contributed by atoms with van der Waals surface area (Å²) in [5.74, 6) is 0.290. The summed E-state index contributed by atoms with van der Waals surface area (Å²) in [5.41, 5.74) is 1.72. The highest BCUT2D eigenvalue weighted by Gasteiger charge is 2.11. The average Bonchev–Trinajstić information content (AvgIpc) is 2.74. The van der Waals surface area contributed by atoms with E-state index in [1.807, 2.05) is 20.8 Å². The van der Waals surface area contributed by atoms with Crippen LogP contribution < -0.4 is 20.7 Å². The molecule has 2 rings (SSSR count). The predicted octanol–water partition coefficient (Wildman–Crippen LogP) is 4.52. The number of amides is 2. The van der Waals surface area contributed by atoms with Gasteiger partial charge in [0.25, 0.3) is 11.8 Å². The molecule has 30 heavy (non-hydrogen) atoms. The molecule has 0 spiro atoms. The Morgan fingerprint density at radius 2 is 1.47 bits per heavy atom. The van der Waals surface area contributed by atoms with Crippen molar-refractivity contribution in [3.63, 3.8) is 0 Å². The Morgan fingerprint density at radius 3 is 2.03 bits per heavy atom. The largest absolute Gasteiger partial charge is 0.491 e. The maximum atomic E-state index is 12.4. The Labute approximate surface area is 183 Å². The minimum Gasteiger partial charge on any atom is -0.491 e. The first-order valence-electron chi connectivity index (χ1n) is 10.1. The van der Waals surface area contributed by atoms with E-state index in [0.717, 1.165) is 18.6 Å². The minimum atomic E-state index is -0.313. The van der Waals surface area contributed by atoms with Crippen LogP contribution in [-0.4, -0.2) is 29.1 Å². The van der Waals surface area contributed by atoms with Gasteiger partial charge in [-0.15, -0.1) is 0 Å². The van der Waals surface area contributed by atoms with Gasteiger partial charge in [-0.3, -0.25) is 14.9 Å². The standard InChI is InChI=1S/C23H29N3O3S/c1-5-15(3)24-21(27)17-7-11-19(12-8-17)25-23(30)26-22(28)18-9-13-20(14-10-18)29-16(4)6-2/h7-16H,5-6H2,1-4H3,(H,24,27)(H2,25,26,28,30). The Morgan fingerprint density at radius 1 is 0.900 bits per heavy atom. The summed E-state index contributed by atoms with van der Waals surface area (Å²) in [6.45, 7) is 8.02. The molecule has 0 radical (unpaired) electrons. The zero-order chi connectivity index (χ0) is 22.1. The number of ether oxygens (including phenoxy) is 1. The second-order valence-electron chi connectivity index (χ2n) is 7.13. The molecule has 2 amide bonds. The fourth-order valence-electron chi connectivity index (χ4n) is 2.45. The van der Waals surface area contributed by atoms with Crippen molar-refractivity contribution in [1.82, 2.24) is 10.6 Å². The van der Waals surface area contributed by atoms with Gasteiger partial charge >= 0.3 is 0 Å². The first-order valence-corrected chi connectivity index (χ1v) is 10.5. The van der Waals surface area contributed by atoms with Crippen molar-refractivity contribution in [3.05, 3.63) is 59.7 Å². The Hall–Kier alpha value is -2.93. The smallest absolute Gasteiger partial charge is 0.257 e.